The number of rotatable bonds is 2. The van der Waals surface area contributed by atoms with Crippen LogP contribution >= 0.6 is 0 Å². The Bertz CT molecular complexity index is 1320. The standard InChI is InChI=1S/C28H24O/c1-28(2,3)27-20(19-11-5-4-6-12-19)14-9-16-22(27)21-15-10-18-25-26(21)23-13-7-8-17-24(23)29-25/h4-18H,1-3H3. The Kier molecular flexibility index (Phi) is 4.06. The lowest BCUT2D eigenvalue weighted by atomic mass is 9.77. The Hall–Kier alpha value is -3.32. The smallest absolute Gasteiger partial charge is 0.136 e. The molecule has 0 radical (unpaired) electrons. The molecule has 0 spiro atoms. The van der Waals surface area contributed by atoms with E-state index >= 15 is 0 Å². The maximum Gasteiger partial charge on any atom is 0.136 e. The predicted molar refractivity (Wildman–Crippen MR) is 123 cm³/mol. The highest BCUT2D eigenvalue weighted by Gasteiger charge is 2.24. The van der Waals surface area contributed by atoms with Gasteiger partial charge in [0.15, 0.2) is 0 Å². The summed E-state index contributed by atoms with van der Waals surface area (Å²) in [4.78, 5) is 0. The molecule has 1 nitrogen and oxygen atoms in total. The normalized spacial score (nSPS) is 12.0. The molecule has 5 rings (SSSR count). The molecule has 0 aliphatic rings. The fourth-order valence-electron chi connectivity index (χ4n) is 4.44. The van der Waals surface area contributed by atoms with Crippen LogP contribution in [0.2, 0.25) is 0 Å². The maximum atomic E-state index is 6.15. The maximum absolute atomic E-state index is 6.15. The quantitative estimate of drug-likeness (QED) is 0.302. The van der Waals surface area contributed by atoms with Crippen LogP contribution in [-0.4, -0.2) is 0 Å². The first-order valence-electron chi connectivity index (χ1n) is 10.1. The van der Waals surface area contributed by atoms with Crippen molar-refractivity contribution in [1.29, 1.82) is 0 Å². The average Bonchev–Trinajstić information content (AvgIpc) is 3.12. The molecule has 29 heavy (non-hydrogen) atoms. The molecule has 1 heterocycles. The third-order valence-electron chi connectivity index (χ3n) is 5.59. The lowest BCUT2D eigenvalue weighted by Crippen LogP contribution is -2.14. The number of furan rings is 1. The molecule has 0 aliphatic heterocycles. The predicted octanol–water partition coefficient (Wildman–Crippen LogP) is 8.22. The molecule has 1 aromatic heterocycles. The Morgan fingerprint density at radius 1 is 0.552 bits per heavy atom. The number of hydrogen-bond acceptors (Lipinski definition) is 1. The van der Waals surface area contributed by atoms with Gasteiger partial charge in [0.05, 0.1) is 0 Å². The Balaban J connectivity index is 1.89. The van der Waals surface area contributed by atoms with E-state index < -0.39 is 0 Å². The minimum Gasteiger partial charge on any atom is -0.456 e. The number of fused-ring (bicyclic) bond motifs is 3. The van der Waals surface area contributed by atoms with Gasteiger partial charge in [0.2, 0.25) is 0 Å². The van der Waals surface area contributed by atoms with Crippen LogP contribution in [-0.2, 0) is 5.41 Å². The molecule has 1 heteroatoms. The summed E-state index contributed by atoms with van der Waals surface area (Å²) in [5, 5.41) is 2.36. The summed E-state index contributed by atoms with van der Waals surface area (Å²) in [6, 6.07) is 32.1. The molecular formula is C28H24O. The minimum atomic E-state index is -0.0104. The summed E-state index contributed by atoms with van der Waals surface area (Å²) >= 11 is 0. The van der Waals surface area contributed by atoms with Gasteiger partial charge < -0.3 is 4.42 Å². The second kappa shape index (κ2) is 6.63. The zero-order chi connectivity index (χ0) is 20.0. The highest BCUT2D eigenvalue weighted by molar-refractivity contribution is 6.13. The first kappa shape index (κ1) is 17.8. The van der Waals surface area contributed by atoms with Gasteiger partial charge in [-0.2, -0.15) is 0 Å². The SMILES string of the molecule is CC(C)(C)c1c(-c2ccccc2)cccc1-c1cccc2oc3ccccc3c12. The van der Waals surface area contributed by atoms with E-state index in [-0.39, 0.29) is 5.41 Å². The van der Waals surface area contributed by atoms with Crippen molar-refractivity contribution >= 4 is 21.9 Å². The monoisotopic (exact) mass is 376 g/mol. The lowest BCUT2D eigenvalue weighted by Gasteiger charge is -2.27. The minimum absolute atomic E-state index is 0.0104. The van der Waals surface area contributed by atoms with Crippen molar-refractivity contribution < 1.29 is 4.42 Å². The second-order valence-corrected chi connectivity index (χ2v) is 8.62. The fraction of sp³-hybridized carbons (Fsp3) is 0.143. The van der Waals surface area contributed by atoms with Gasteiger partial charge in [0.25, 0.3) is 0 Å². The van der Waals surface area contributed by atoms with E-state index in [4.69, 9.17) is 4.42 Å². The summed E-state index contributed by atoms with van der Waals surface area (Å²) in [5.74, 6) is 0. The first-order chi connectivity index (χ1) is 14.0. The molecule has 0 aliphatic carbocycles. The van der Waals surface area contributed by atoms with Gasteiger partial charge in [-0.05, 0) is 45.4 Å². The Labute approximate surface area is 171 Å². The largest absolute Gasteiger partial charge is 0.456 e. The van der Waals surface area contributed by atoms with Crippen molar-refractivity contribution in [3.05, 3.63) is 96.6 Å². The third-order valence-corrected chi connectivity index (χ3v) is 5.59. The third kappa shape index (κ3) is 2.94. The van der Waals surface area contributed by atoms with Gasteiger partial charge in [-0.15, -0.1) is 0 Å². The van der Waals surface area contributed by atoms with Gasteiger partial charge in [0, 0.05) is 10.8 Å². The van der Waals surface area contributed by atoms with Crippen LogP contribution in [0.4, 0.5) is 0 Å². The van der Waals surface area contributed by atoms with Crippen LogP contribution in [0, 0.1) is 0 Å². The number of para-hydroxylation sites is 1. The van der Waals surface area contributed by atoms with E-state index in [1.807, 2.05) is 12.1 Å². The van der Waals surface area contributed by atoms with Gasteiger partial charge in [-0.1, -0.05) is 99.6 Å². The molecule has 0 N–H and O–H groups in total. The van der Waals surface area contributed by atoms with E-state index in [9.17, 15) is 0 Å². The van der Waals surface area contributed by atoms with E-state index in [2.05, 4.69) is 99.6 Å². The summed E-state index contributed by atoms with van der Waals surface area (Å²) in [7, 11) is 0. The highest BCUT2D eigenvalue weighted by atomic mass is 16.3. The van der Waals surface area contributed by atoms with Crippen LogP contribution < -0.4 is 0 Å². The zero-order valence-electron chi connectivity index (χ0n) is 17.1. The highest BCUT2D eigenvalue weighted by Crippen LogP contribution is 2.44. The van der Waals surface area contributed by atoms with Gasteiger partial charge >= 0.3 is 0 Å². The van der Waals surface area contributed by atoms with E-state index in [0.717, 1.165) is 11.2 Å². The molecule has 5 aromatic rings. The molecule has 0 atom stereocenters. The van der Waals surface area contributed by atoms with E-state index in [1.165, 1.54) is 38.6 Å². The van der Waals surface area contributed by atoms with Crippen LogP contribution in [0.25, 0.3) is 44.2 Å². The topological polar surface area (TPSA) is 13.1 Å². The molecule has 0 bridgehead atoms. The van der Waals surface area contributed by atoms with Gasteiger partial charge in [-0.25, -0.2) is 0 Å². The van der Waals surface area contributed by atoms with Crippen molar-refractivity contribution in [3.8, 4) is 22.3 Å². The number of hydrogen-bond donors (Lipinski definition) is 0. The van der Waals surface area contributed by atoms with Crippen LogP contribution in [0.5, 0.6) is 0 Å². The molecule has 0 unspecified atom stereocenters. The lowest BCUT2D eigenvalue weighted by molar-refractivity contribution is 0.594. The molecular weight excluding hydrogens is 352 g/mol. The molecule has 142 valence electrons. The van der Waals surface area contributed by atoms with Gasteiger partial charge in [-0.3, -0.25) is 0 Å². The summed E-state index contributed by atoms with van der Waals surface area (Å²) in [5.41, 5.74) is 8.28. The molecule has 0 saturated carbocycles. The second-order valence-electron chi connectivity index (χ2n) is 8.62. The van der Waals surface area contributed by atoms with E-state index in [1.54, 1.807) is 0 Å². The van der Waals surface area contributed by atoms with E-state index in [0.29, 0.717) is 0 Å². The zero-order valence-corrected chi connectivity index (χ0v) is 17.1. The van der Waals surface area contributed by atoms with Crippen LogP contribution in [0.1, 0.15) is 26.3 Å². The Morgan fingerprint density at radius 3 is 1.97 bits per heavy atom. The molecule has 4 aromatic carbocycles. The van der Waals surface area contributed by atoms with Crippen molar-refractivity contribution in [2.24, 2.45) is 0 Å². The van der Waals surface area contributed by atoms with Crippen molar-refractivity contribution in [2.75, 3.05) is 0 Å². The summed E-state index contributed by atoms with van der Waals surface area (Å²) in [6.45, 7) is 6.89. The van der Waals surface area contributed by atoms with Crippen LogP contribution in [0.15, 0.2) is 95.4 Å². The van der Waals surface area contributed by atoms with Crippen molar-refractivity contribution in [3.63, 3.8) is 0 Å². The first-order valence-corrected chi connectivity index (χ1v) is 10.1. The van der Waals surface area contributed by atoms with Gasteiger partial charge in [0.1, 0.15) is 11.2 Å². The van der Waals surface area contributed by atoms with Crippen molar-refractivity contribution in [2.45, 2.75) is 26.2 Å². The van der Waals surface area contributed by atoms with Crippen LogP contribution in [0.3, 0.4) is 0 Å². The average molecular weight is 376 g/mol. The number of benzene rings is 4. The molecule has 0 amide bonds. The summed E-state index contributed by atoms with van der Waals surface area (Å²) in [6.07, 6.45) is 0. The Morgan fingerprint density at radius 2 is 1.17 bits per heavy atom. The molecule has 0 saturated heterocycles. The van der Waals surface area contributed by atoms with Crippen molar-refractivity contribution in [1.82, 2.24) is 0 Å². The molecule has 0 fully saturated rings. The summed E-state index contributed by atoms with van der Waals surface area (Å²) < 4.78 is 6.15. The fourth-order valence-corrected chi connectivity index (χ4v) is 4.44.